The zero-order chi connectivity index (χ0) is 17.6. The summed E-state index contributed by atoms with van der Waals surface area (Å²) in [5.74, 6) is -0.0759. The van der Waals surface area contributed by atoms with Gasteiger partial charge in [-0.15, -0.1) is 11.3 Å². The van der Waals surface area contributed by atoms with Gasteiger partial charge in [0.05, 0.1) is 12.6 Å². The number of hydrogen-bond donors (Lipinski definition) is 1. The van der Waals surface area contributed by atoms with Crippen molar-refractivity contribution in [3.05, 3.63) is 58.3 Å². The van der Waals surface area contributed by atoms with Crippen molar-refractivity contribution >= 4 is 23.0 Å². The molecule has 25 heavy (non-hydrogen) atoms. The first kappa shape index (κ1) is 17.8. The maximum atomic E-state index is 12.5. The van der Waals surface area contributed by atoms with Crippen LogP contribution in [0.5, 0.6) is 0 Å². The number of nitrogens with one attached hydrogen (secondary N) is 1. The first-order valence-electron chi connectivity index (χ1n) is 8.74. The van der Waals surface area contributed by atoms with Crippen LogP contribution in [0.2, 0.25) is 0 Å². The number of thiophene rings is 1. The number of amides is 1. The maximum absolute atomic E-state index is 12.5. The van der Waals surface area contributed by atoms with Crippen molar-refractivity contribution < 1.29 is 9.59 Å². The maximum Gasteiger partial charge on any atom is 0.234 e. The highest BCUT2D eigenvalue weighted by atomic mass is 32.1. The monoisotopic (exact) mass is 356 g/mol. The van der Waals surface area contributed by atoms with Crippen molar-refractivity contribution in [2.24, 2.45) is 0 Å². The minimum Gasteiger partial charge on any atom is -0.345 e. The summed E-state index contributed by atoms with van der Waals surface area (Å²) in [6.07, 6.45) is 2.74. The second-order valence-electron chi connectivity index (χ2n) is 6.56. The Bertz CT molecular complexity index is 700. The first-order valence-corrected chi connectivity index (χ1v) is 9.62. The van der Waals surface area contributed by atoms with Crippen LogP contribution in [0.15, 0.2) is 47.8 Å². The molecule has 1 aromatic heterocycles. The third-order valence-electron chi connectivity index (χ3n) is 4.69. The Labute approximate surface area is 152 Å². The Morgan fingerprint density at radius 2 is 2.04 bits per heavy atom. The summed E-state index contributed by atoms with van der Waals surface area (Å²) in [6, 6.07) is 13.9. The average molecular weight is 356 g/mol. The molecule has 1 aromatic carbocycles. The van der Waals surface area contributed by atoms with Crippen LogP contribution in [0.3, 0.4) is 0 Å². The molecule has 5 heteroatoms. The summed E-state index contributed by atoms with van der Waals surface area (Å²) in [6.45, 7) is 2.82. The Hall–Kier alpha value is -1.98. The van der Waals surface area contributed by atoms with Crippen molar-refractivity contribution in [3.8, 4) is 0 Å². The van der Waals surface area contributed by atoms with Crippen molar-refractivity contribution in [3.63, 3.8) is 0 Å². The van der Waals surface area contributed by atoms with Crippen LogP contribution >= 0.6 is 11.3 Å². The van der Waals surface area contributed by atoms with E-state index in [9.17, 15) is 9.59 Å². The number of Topliss-reactive ketones (excluding diaryl/α,β-unsaturated/α-hetero) is 1. The van der Waals surface area contributed by atoms with Crippen molar-refractivity contribution in [1.29, 1.82) is 0 Å². The van der Waals surface area contributed by atoms with E-state index in [-0.39, 0.29) is 11.7 Å². The molecule has 0 radical (unpaired) electrons. The van der Waals surface area contributed by atoms with Crippen molar-refractivity contribution in [2.45, 2.75) is 38.3 Å². The molecule has 0 saturated carbocycles. The highest BCUT2D eigenvalue weighted by Crippen LogP contribution is 2.33. The van der Waals surface area contributed by atoms with Gasteiger partial charge in [0.15, 0.2) is 5.78 Å². The summed E-state index contributed by atoms with van der Waals surface area (Å²) in [7, 11) is 0. The fraction of sp³-hybridized carbons (Fsp3) is 0.400. The molecule has 0 aliphatic carbocycles. The molecule has 0 spiro atoms. The highest BCUT2D eigenvalue weighted by Gasteiger charge is 2.29. The minimum absolute atomic E-state index is 0.00608. The predicted octanol–water partition coefficient (Wildman–Crippen LogP) is 3.20. The summed E-state index contributed by atoms with van der Waals surface area (Å²) in [4.78, 5) is 28.0. The van der Waals surface area contributed by atoms with Gasteiger partial charge in [0.2, 0.25) is 5.91 Å². The quantitative estimate of drug-likeness (QED) is 0.829. The van der Waals surface area contributed by atoms with E-state index in [1.54, 1.807) is 11.3 Å². The summed E-state index contributed by atoms with van der Waals surface area (Å²) < 4.78 is 0. The van der Waals surface area contributed by atoms with Gasteiger partial charge in [0.1, 0.15) is 0 Å². The van der Waals surface area contributed by atoms with E-state index >= 15 is 0 Å². The normalized spacial score (nSPS) is 18.8. The molecule has 1 fully saturated rings. The first-order chi connectivity index (χ1) is 12.1. The molecule has 2 aromatic rings. The van der Waals surface area contributed by atoms with Gasteiger partial charge in [0, 0.05) is 10.9 Å². The summed E-state index contributed by atoms with van der Waals surface area (Å²) in [5.41, 5.74) is 1.06. The smallest absolute Gasteiger partial charge is 0.234 e. The van der Waals surface area contributed by atoms with Crippen LogP contribution in [0.25, 0.3) is 0 Å². The Kier molecular flexibility index (Phi) is 6.00. The fourth-order valence-electron chi connectivity index (χ4n) is 3.39. The van der Waals surface area contributed by atoms with Crippen LogP contribution in [-0.2, 0) is 16.0 Å². The molecule has 2 atom stereocenters. The van der Waals surface area contributed by atoms with E-state index in [4.69, 9.17) is 0 Å². The van der Waals surface area contributed by atoms with E-state index in [0.29, 0.717) is 19.0 Å². The zero-order valence-electron chi connectivity index (χ0n) is 14.5. The molecule has 1 saturated heterocycles. The Morgan fingerprint density at radius 1 is 1.24 bits per heavy atom. The molecule has 0 unspecified atom stereocenters. The van der Waals surface area contributed by atoms with Gasteiger partial charge in [-0.25, -0.2) is 0 Å². The largest absolute Gasteiger partial charge is 0.345 e. The lowest BCUT2D eigenvalue weighted by Gasteiger charge is -2.24. The lowest BCUT2D eigenvalue weighted by Crippen LogP contribution is -2.45. The van der Waals surface area contributed by atoms with E-state index in [2.05, 4.69) is 27.7 Å². The van der Waals surface area contributed by atoms with E-state index in [0.717, 1.165) is 24.9 Å². The van der Waals surface area contributed by atoms with E-state index in [1.165, 1.54) is 11.8 Å². The van der Waals surface area contributed by atoms with Gasteiger partial charge in [-0.2, -0.15) is 0 Å². The van der Waals surface area contributed by atoms with Gasteiger partial charge in [-0.3, -0.25) is 14.5 Å². The molecule has 1 N–H and O–H groups in total. The Morgan fingerprint density at radius 3 is 2.72 bits per heavy atom. The van der Waals surface area contributed by atoms with Crippen molar-refractivity contribution in [1.82, 2.24) is 10.2 Å². The third kappa shape index (κ3) is 4.77. The predicted molar refractivity (Wildman–Crippen MR) is 101 cm³/mol. The topological polar surface area (TPSA) is 49.4 Å². The Balaban J connectivity index is 1.59. The summed E-state index contributed by atoms with van der Waals surface area (Å²) >= 11 is 1.74. The molecule has 1 aliphatic heterocycles. The van der Waals surface area contributed by atoms with Crippen LogP contribution in [0.4, 0.5) is 0 Å². The molecule has 1 amide bonds. The average Bonchev–Trinajstić information content (AvgIpc) is 3.26. The van der Waals surface area contributed by atoms with Crippen molar-refractivity contribution in [2.75, 3.05) is 13.1 Å². The standard InChI is InChI=1S/C20H24N2O2S/c1-15(23)17(13-16-7-3-2-4-8-16)21-20(24)14-22-11-5-9-18(22)19-10-6-12-25-19/h2-4,6-8,10,12,17-18H,5,9,11,13-14H2,1H3,(H,21,24)/t17-,18+/m0/s1. The molecule has 2 heterocycles. The zero-order valence-corrected chi connectivity index (χ0v) is 15.3. The van der Waals surface area contributed by atoms with Crippen LogP contribution in [0, 0.1) is 0 Å². The second kappa shape index (κ2) is 8.41. The number of hydrogen-bond acceptors (Lipinski definition) is 4. The molecular weight excluding hydrogens is 332 g/mol. The van der Waals surface area contributed by atoms with Crippen LogP contribution < -0.4 is 5.32 Å². The third-order valence-corrected chi connectivity index (χ3v) is 5.66. The van der Waals surface area contributed by atoms with Crippen LogP contribution in [-0.4, -0.2) is 35.7 Å². The lowest BCUT2D eigenvalue weighted by atomic mass is 10.0. The number of carbonyl (C=O) groups excluding carboxylic acids is 2. The number of nitrogens with zero attached hydrogens (tertiary/aromatic N) is 1. The molecule has 132 valence electrons. The van der Waals surface area contributed by atoms with Gasteiger partial charge < -0.3 is 5.32 Å². The number of rotatable bonds is 7. The fourth-order valence-corrected chi connectivity index (χ4v) is 4.28. The van der Waals surface area contributed by atoms with Gasteiger partial charge >= 0.3 is 0 Å². The minimum atomic E-state index is -0.460. The lowest BCUT2D eigenvalue weighted by molar-refractivity contribution is -0.127. The highest BCUT2D eigenvalue weighted by molar-refractivity contribution is 7.10. The number of likely N-dealkylation sites (tertiary alicyclic amines) is 1. The van der Waals surface area contributed by atoms with Gasteiger partial charge in [0.25, 0.3) is 0 Å². The SMILES string of the molecule is CC(=O)[C@H](Cc1ccccc1)NC(=O)CN1CCC[C@@H]1c1cccs1. The molecule has 0 bridgehead atoms. The van der Waals surface area contributed by atoms with Crippen LogP contribution in [0.1, 0.15) is 36.2 Å². The molecule has 1 aliphatic rings. The number of ketones is 1. The van der Waals surface area contributed by atoms with E-state index in [1.807, 2.05) is 30.3 Å². The van der Waals surface area contributed by atoms with E-state index < -0.39 is 6.04 Å². The molecule has 4 nitrogen and oxygen atoms in total. The number of benzene rings is 1. The van der Waals surface area contributed by atoms with Gasteiger partial charge in [-0.05, 0) is 49.7 Å². The second-order valence-corrected chi connectivity index (χ2v) is 7.54. The van der Waals surface area contributed by atoms with Gasteiger partial charge in [-0.1, -0.05) is 36.4 Å². The summed E-state index contributed by atoms with van der Waals surface area (Å²) in [5, 5.41) is 5.01. The molecular formula is C20H24N2O2S. The molecule has 3 rings (SSSR count). The number of carbonyl (C=O) groups is 2.